The maximum Gasteiger partial charge on any atom is 0.241 e. The van der Waals surface area contributed by atoms with Gasteiger partial charge in [0.1, 0.15) is 0 Å². The van der Waals surface area contributed by atoms with Gasteiger partial charge in [-0.05, 0) is 37.0 Å². The summed E-state index contributed by atoms with van der Waals surface area (Å²) < 4.78 is 24.6. The largest absolute Gasteiger partial charge is 0.306 e. The smallest absolute Gasteiger partial charge is 0.241 e. The fourth-order valence-corrected chi connectivity index (χ4v) is 5.94. The van der Waals surface area contributed by atoms with E-state index >= 15 is 0 Å². The Labute approximate surface area is 150 Å². The quantitative estimate of drug-likeness (QED) is 0.823. The van der Waals surface area contributed by atoms with Crippen LogP contribution < -0.4 is 4.90 Å². The molecule has 1 aromatic carbocycles. The molecule has 0 spiro atoms. The van der Waals surface area contributed by atoms with Crippen molar-refractivity contribution in [1.82, 2.24) is 4.90 Å². The van der Waals surface area contributed by atoms with E-state index in [0.717, 1.165) is 12.1 Å². The molecule has 2 heterocycles. The second-order valence-electron chi connectivity index (χ2n) is 7.65. The summed E-state index contributed by atoms with van der Waals surface area (Å²) in [5, 5.41) is 0. The predicted octanol–water partition coefficient (Wildman–Crippen LogP) is 2.42. The van der Waals surface area contributed by atoms with Crippen molar-refractivity contribution in [2.24, 2.45) is 0 Å². The van der Waals surface area contributed by atoms with Crippen LogP contribution in [0.25, 0.3) is 0 Å². The van der Waals surface area contributed by atoms with Crippen molar-refractivity contribution in [2.45, 2.75) is 58.2 Å². The minimum Gasteiger partial charge on any atom is -0.306 e. The average Bonchev–Trinajstić information content (AvgIpc) is 2.88. The van der Waals surface area contributed by atoms with E-state index in [-0.39, 0.29) is 42.1 Å². The lowest BCUT2D eigenvalue weighted by Crippen LogP contribution is -2.63. The number of carbonyl (C=O) groups is 1. The van der Waals surface area contributed by atoms with Crippen LogP contribution in [0.1, 0.15) is 45.6 Å². The number of sulfone groups is 1. The van der Waals surface area contributed by atoms with Crippen molar-refractivity contribution in [3.8, 4) is 0 Å². The highest BCUT2D eigenvalue weighted by atomic mass is 32.2. The Morgan fingerprint density at radius 3 is 2.24 bits per heavy atom. The number of amides is 1. The predicted molar refractivity (Wildman–Crippen MR) is 101 cm³/mol. The van der Waals surface area contributed by atoms with Crippen molar-refractivity contribution in [2.75, 3.05) is 23.0 Å². The minimum absolute atomic E-state index is 0.00375. The van der Waals surface area contributed by atoms with Gasteiger partial charge in [-0.15, -0.1) is 0 Å². The van der Waals surface area contributed by atoms with Crippen LogP contribution in [0, 0.1) is 0 Å². The fourth-order valence-electron chi connectivity index (χ4n) is 3.98. The van der Waals surface area contributed by atoms with E-state index in [1.807, 2.05) is 24.3 Å². The molecule has 0 radical (unpaired) electrons. The number of fused-ring (bicyclic) bond motifs is 1. The topological polar surface area (TPSA) is 57.7 Å². The molecule has 138 valence electrons. The molecule has 0 aromatic heterocycles. The van der Waals surface area contributed by atoms with E-state index in [2.05, 4.69) is 32.6 Å². The van der Waals surface area contributed by atoms with Crippen LogP contribution in [0.5, 0.6) is 0 Å². The summed E-state index contributed by atoms with van der Waals surface area (Å²) in [5.41, 5.74) is 2.02. The lowest BCUT2D eigenvalue weighted by atomic mass is 9.99. The molecule has 0 saturated carbocycles. The highest BCUT2D eigenvalue weighted by Gasteiger charge is 2.50. The number of benzene rings is 1. The molecule has 2 saturated heterocycles. The van der Waals surface area contributed by atoms with Gasteiger partial charge in [0.05, 0.1) is 24.1 Å². The first-order valence-electron chi connectivity index (χ1n) is 9.11. The summed E-state index contributed by atoms with van der Waals surface area (Å²) in [6.45, 7) is 8.69. The second-order valence-corrected chi connectivity index (χ2v) is 9.80. The average molecular weight is 365 g/mol. The van der Waals surface area contributed by atoms with Crippen LogP contribution in [0.15, 0.2) is 24.3 Å². The molecule has 0 bridgehead atoms. The Hall–Kier alpha value is -1.40. The number of piperazine rings is 1. The summed E-state index contributed by atoms with van der Waals surface area (Å²) in [6.07, 6.45) is 0.902. The Bertz CT molecular complexity index is 742. The third-order valence-electron chi connectivity index (χ3n) is 5.63. The molecule has 0 N–H and O–H groups in total. The summed E-state index contributed by atoms with van der Waals surface area (Å²) in [7, 11) is -3.12. The van der Waals surface area contributed by atoms with Gasteiger partial charge in [-0.3, -0.25) is 9.69 Å². The van der Waals surface area contributed by atoms with Gasteiger partial charge in [-0.1, -0.05) is 32.9 Å². The van der Waals surface area contributed by atoms with Gasteiger partial charge in [0.25, 0.3) is 0 Å². The first kappa shape index (κ1) is 18.4. The minimum atomic E-state index is -3.12. The summed E-state index contributed by atoms with van der Waals surface area (Å²) in [5.74, 6) is 0.626. The third-order valence-corrected chi connectivity index (χ3v) is 7.33. The van der Waals surface area contributed by atoms with E-state index in [9.17, 15) is 13.2 Å². The molecule has 5 nitrogen and oxygen atoms in total. The summed E-state index contributed by atoms with van der Waals surface area (Å²) in [4.78, 5) is 16.7. The van der Waals surface area contributed by atoms with Crippen molar-refractivity contribution >= 4 is 21.4 Å². The zero-order valence-corrected chi connectivity index (χ0v) is 16.3. The SMILES string of the molecule is CCC(C)N1CC(=O)N(c2ccc(C(C)C)cc2)[C@@H]2CS(=O)(=O)C[C@@H]21. The molecule has 1 amide bonds. The van der Waals surface area contributed by atoms with Crippen LogP contribution >= 0.6 is 0 Å². The van der Waals surface area contributed by atoms with Gasteiger partial charge in [0.15, 0.2) is 9.84 Å². The number of hydrogen-bond donors (Lipinski definition) is 0. The van der Waals surface area contributed by atoms with Crippen molar-refractivity contribution in [3.63, 3.8) is 0 Å². The molecule has 1 aromatic rings. The Morgan fingerprint density at radius 2 is 1.68 bits per heavy atom. The normalized spacial score (nSPS) is 27.6. The Morgan fingerprint density at radius 1 is 1.08 bits per heavy atom. The van der Waals surface area contributed by atoms with E-state index in [1.54, 1.807) is 4.90 Å². The number of nitrogens with zero attached hydrogens (tertiary/aromatic N) is 2. The van der Waals surface area contributed by atoms with E-state index in [0.29, 0.717) is 5.92 Å². The molecule has 25 heavy (non-hydrogen) atoms. The van der Waals surface area contributed by atoms with Crippen LogP contribution in [0.4, 0.5) is 5.69 Å². The molecular weight excluding hydrogens is 336 g/mol. The van der Waals surface area contributed by atoms with Gasteiger partial charge < -0.3 is 4.90 Å². The van der Waals surface area contributed by atoms with Crippen molar-refractivity contribution in [1.29, 1.82) is 0 Å². The third kappa shape index (κ3) is 3.47. The van der Waals surface area contributed by atoms with Crippen molar-refractivity contribution in [3.05, 3.63) is 29.8 Å². The van der Waals surface area contributed by atoms with Gasteiger partial charge in [0.2, 0.25) is 5.91 Å². The molecule has 1 unspecified atom stereocenters. The highest BCUT2D eigenvalue weighted by molar-refractivity contribution is 7.91. The summed E-state index contributed by atoms with van der Waals surface area (Å²) >= 11 is 0. The van der Waals surface area contributed by atoms with Crippen LogP contribution in [0.3, 0.4) is 0 Å². The molecule has 2 aliphatic rings. The summed E-state index contributed by atoms with van der Waals surface area (Å²) in [6, 6.07) is 7.78. The van der Waals surface area contributed by atoms with E-state index in [1.165, 1.54) is 5.56 Å². The number of anilines is 1. The molecule has 0 aliphatic carbocycles. The lowest BCUT2D eigenvalue weighted by molar-refractivity contribution is -0.124. The molecular formula is C19H28N2O3S. The van der Waals surface area contributed by atoms with E-state index < -0.39 is 9.84 Å². The molecule has 2 fully saturated rings. The van der Waals surface area contributed by atoms with Gasteiger partial charge >= 0.3 is 0 Å². The van der Waals surface area contributed by atoms with Gasteiger partial charge in [-0.2, -0.15) is 0 Å². The fraction of sp³-hybridized carbons (Fsp3) is 0.632. The van der Waals surface area contributed by atoms with E-state index in [4.69, 9.17) is 0 Å². The standard InChI is InChI=1S/C19H28N2O3S/c1-5-14(4)20-10-19(22)21(18-12-25(23,24)11-17(18)20)16-8-6-15(7-9-16)13(2)3/h6-9,13-14,17-18H,5,10-12H2,1-4H3/t14?,17-,18+/m0/s1. The van der Waals surface area contributed by atoms with Crippen LogP contribution in [-0.2, 0) is 14.6 Å². The zero-order valence-electron chi connectivity index (χ0n) is 15.5. The molecule has 3 atom stereocenters. The molecule has 6 heteroatoms. The maximum atomic E-state index is 12.9. The second kappa shape index (κ2) is 6.72. The molecule has 3 rings (SSSR count). The lowest BCUT2D eigenvalue weighted by Gasteiger charge is -2.45. The first-order valence-corrected chi connectivity index (χ1v) is 10.9. The highest BCUT2D eigenvalue weighted by Crippen LogP contribution is 2.33. The zero-order chi connectivity index (χ0) is 18.4. The van der Waals surface area contributed by atoms with Gasteiger partial charge in [-0.25, -0.2) is 8.42 Å². The Balaban J connectivity index is 1.96. The van der Waals surface area contributed by atoms with Gasteiger partial charge in [0, 0.05) is 17.8 Å². The Kier molecular flexibility index (Phi) is 4.95. The number of hydrogen-bond acceptors (Lipinski definition) is 4. The van der Waals surface area contributed by atoms with Crippen LogP contribution in [-0.4, -0.2) is 55.4 Å². The maximum absolute atomic E-state index is 12.9. The van der Waals surface area contributed by atoms with Crippen molar-refractivity contribution < 1.29 is 13.2 Å². The first-order chi connectivity index (χ1) is 11.7. The van der Waals surface area contributed by atoms with Crippen LogP contribution in [0.2, 0.25) is 0 Å². The monoisotopic (exact) mass is 364 g/mol. The number of carbonyl (C=O) groups excluding carboxylic acids is 1. The number of rotatable bonds is 4. The molecule has 2 aliphatic heterocycles.